The second-order valence-corrected chi connectivity index (χ2v) is 1.97. The second kappa shape index (κ2) is 4.76. The molecule has 0 aromatic carbocycles. The molecule has 0 aromatic rings. The Hall–Kier alpha value is 0.996. The maximum absolute atomic E-state index is 10.5. The fraction of sp³-hybridized carbons (Fsp3) is 0.250. The summed E-state index contributed by atoms with van der Waals surface area (Å²) in [5, 5.41) is 0. The zero-order chi connectivity index (χ0) is 5.98. The summed E-state index contributed by atoms with van der Waals surface area (Å²) in [6.45, 7) is 1.69. The van der Waals surface area contributed by atoms with Crippen molar-refractivity contribution in [1.82, 2.24) is 4.72 Å². The predicted octanol–water partition coefficient (Wildman–Crippen LogP) is -2.28. The van der Waals surface area contributed by atoms with Crippen LogP contribution in [-0.2, 0) is 8.98 Å². The van der Waals surface area contributed by atoms with Gasteiger partial charge in [0.05, 0.1) is 5.57 Å². The molecule has 0 saturated heterocycles. The average molecular weight is 171 g/mol. The third-order valence-corrected chi connectivity index (χ3v) is 1.23. The van der Waals surface area contributed by atoms with E-state index in [1.54, 1.807) is 6.92 Å². The molecule has 0 fully saturated rings. The molecular weight excluding hydrogens is 165 g/mol. The molecule has 0 bridgehead atoms. The molecule has 1 rings (SSSR count). The van der Waals surface area contributed by atoms with Crippen molar-refractivity contribution in [2.45, 2.75) is 6.92 Å². The zero-order valence-electron chi connectivity index (χ0n) is 6.30. The SMILES string of the molecule is CC1=COSNC1=O.[H-].[K+]. The summed E-state index contributed by atoms with van der Waals surface area (Å²) >= 11 is 0.931. The standard InChI is InChI=1S/C4H5NO2S.K.H/c1-3-2-7-8-5-4(3)6;;/h2H,1H3,(H,5,6);;/q;+1;-1. The van der Waals surface area contributed by atoms with Crippen LogP contribution in [0.2, 0.25) is 0 Å². The van der Waals surface area contributed by atoms with Crippen molar-refractivity contribution in [3.63, 3.8) is 0 Å². The molecule has 46 valence electrons. The van der Waals surface area contributed by atoms with E-state index in [0.717, 1.165) is 12.2 Å². The quantitative estimate of drug-likeness (QED) is 0.253. The first kappa shape index (κ1) is 10.00. The molecule has 0 atom stereocenters. The number of hydrogen-bond donors (Lipinski definition) is 1. The van der Waals surface area contributed by atoms with Gasteiger partial charge in [-0.2, -0.15) is 0 Å². The Morgan fingerprint density at radius 1 is 1.89 bits per heavy atom. The molecule has 0 unspecified atom stereocenters. The summed E-state index contributed by atoms with van der Waals surface area (Å²) in [6.07, 6.45) is 1.42. The molecule has 9 heavy (non-hydrogen) atoms. The number of carbonyl (C=O) groups excluding carboxylic acids is 1. The smallest absolute Gasteiger partial charge is 1.00 e. The molecule has 1 aliphatic rings. The Balaban J connectivity index is 0. The molecule has 0 aliphatic carbocycles. The van der Waals surface area contributed by atoms with Crippen molar-refractivity contribution in [3.05, 3.63) is 11.8 Å². The van der Waals surface area contributed by atoms with Gasteiger partial charge in [-0.15, -0.1) is 0 Å². The van der Waals surface area contributed by atoms with Gasteiger partial charge in [0, 0.05) is 0 Å². The largest absolute Gasteiger partial charge is 1.00 e. The van der Waals surface area contributed by atoms with E-state index in [4.69, 9.17) is 0 Å². The summed E-state index contributed by atoms with van der Waals surface area (Å²) < 4.78 is 7.09. The van der Waals surface area contributed by atoms with Gasteiger partial charge in [0.15, 0.2) is 12.2 Å². The van der Waals surface area contributed by atoms with Crippen LogP contribution in [0.25, 0.3) is 0 Å². The van der Waals surface area contributed by atoms with Crippen LogP contribution in [0.15, 0.2) is 11.8 Å². The van der Waals surface area contributed by atoms with Crippen LogP contribution in [0.4, 0.5) is 0 Å². The first-order valence-corrected chi connectivity index (χ1v) is 2.84. The Morgan fingerprint density at radius 2 is 2.56 bits per heavy atom. The van der Waals surface area contributed by atoms with E-state index >= 15 is 0 Å². The number of amides is 1. The first-order valence-electron chi connectivity index (χ1n) is 2.10. The van der Waals surface area contributed by atoms with E-state index in [1.165, 1.54) is 6.26 Å². The normalized spacial score (nSPS) is 16.6. The van der Waals surface area contributed by atoms with Crippen LogP contribution < -0.4 is 56.1 Å². The van der Waals surface area contributed by atoms with E-state index in [1.807, 2.05) is 0 Å². The summed E-state index contributed by atoms with van der Waals surface area (Å²) in [5.74, 6) is -0.0822. The van der Waals surface area contributed by atoms with Crippen molar-refractivity contribution in [2.75, 3.05) is 0 Å². The maximum atomic E-state index is 10.5. The van der Waals surface area contributed by atoms with Crippen LogP contribution in [0.1, 0.15) is 8.35 Å². The topological polar surface area (TPSA) is 38.3 Å². The summed E-state index contributed by atoms with van der Waals surface area (Å²) in [5.41, 5.74) is 0.601. The van der Waals surface area contributed by atoms with E-state index in [-0.39, 0.29) is 58.7 Å². The van der Waals surface area contributed by atoms with Gasteiger partial charge in [0.1, 0.15) is 6.26 Å². The minimum atomic E-state index is -0.0822. The van der Waals surface area contributed by atoms with Crippen LogP contribution in [0.5, 0.6) is 0 Å². The minimum Gasteiger partial charge on any atom is -1.00 e. The Morgan fingerprint density at radius 3 is 2.89 bits per heavy atom. The van der Waals surface area contributed by atoms with Crippen LogP contribution in [-0.4, -0.2) is 5.91 Å². The van der Waals surface area contributed by atoms with E-state index in [0.29, 0.717) is 5.57 Å². The third-order valence-electron chi connectivity index (χ3n) is 0.766. The summed E-state index contributed by atoms with van der Waals surface area (Å²) in [7, 11) is 0. The van der Waals surface area contributed by atoms with Crippen molar-refractivity contribution in [1.29, 1.82) is 0 Å². The predicted molar refractivity (Wildman–Crippen MR) is 31.7 cm³/mol. The summed E-state index contributed by atoms with van der Waals surface area (Å²) in [4.78, 5) is 10.5. The van der Waals surface area contributed by atoms with Gasteiger partial charge < -0.3 is 5.61 Å². The van der Waals surface area contributed by atoms with Gasteiger partial charge in [-0.25, -0.2) is 0 Å². The molecular formula is C4H6KNO2S. The van der Waals surface area contributed by atoms with Crippen molar-refractivity contribution >= 4 is 18.1 Å². The number of carbonyl (C=O) groups is 1. The van der Waals surface area contributed by atoms with Gasteiger partial charge in [0.2, 0.25) is 0 Å². The molecule has 0 spiro atoms. The van der Waals surface area contributed by atoms with Gasteiger partial charge in [-0.1, -0.05) is 0 Å². The fourth-order valence-electron chi connectivity index (χ4n) is 0.292. The number of hydrogen-bond acceptors (Lipinski definition) is 3. The van der Waals surface area contributed by atoms with Crippen LogP contribution in [0.3, 0.4) is 0 Å². The van der Waals surface area contributed by atoms with Crippen molar-refractivity contribution in [2.24, 2.45) is 0 Å². The Bertz CT molecular complexity index is 152. The monoisotopic (exact) mass is 171 g/mol. The van der Waals surface area contributed by atoms with Gasteiger partial charge in [0.25, 0.3) is 5.91 Å². The van der Waals surface area contributed by atoms with Gasteiger partial charge in [-0.3, -0.25) is 9.52 Å². The molecule has 5 heteroatoms. The van der Waals surface area contributed by atoms with Crippen LogP contribution >= 0.6 is 12.2 Å². The van der Waals surface area contributed by atoms with Crippen LogP contribution in [0, 0.1) is 0 Å². The molecule has 3 nitrogen and oxygen atoms in total. The van der Waals surface area contributed by atoms with E-state index < -0.39 is 0 Å². The number of rotatable bonds is 0. The Labute approximate surface area is 102 Å². The van der Waals surface area contributed by atoms with E-state index in [2.05, 4.69) is 8.91 Å². The summed E-state index contributed by atoms with van der Waals surface area (Å²) in [6, 6.07) is 0. The van der Waals surface area contributed by atoms with Gasteiger partial charge >= 0.3 is 51.4 Å². The zero-order valence-corrected chi connectivity index (χ0v) is 9.24. The number of nitrogens with one attached hydrogen (secondary N) is 1. The van der Waals surface area contributed by atoms with Crippen molar-refractivity contribution in [3.8, 4) is 0 Å². The molecule has 1 aliphatic heterocycles. The molecule has 0 aromatic heterocycles. The van der Waals surface area contributed by atoms with E-state index in [9.17, 15) is 4.79 Å². The van der Waals surface area contributed by atoms with Gasteiger partial charge in [-0.05, 0) is 6.92 Å². The second-order valence-electron chi connectivity index (χ2n) is 1.41. The molecule has 0 radical (unpaired) electrons. The first-order chi connectivity index (χ1) is 3.80. The fourth-order valence-corrected chi connectivity index (χ4v) is 0.769. The molecule has 1 N–H and O–H groups in total. The molecule has 0 saturated carbocycles. The maximum Gasteiger partial charge on any atom is 1.00 e. The Kier molecular flexibility index (Phi) is 5.28. The molecule has 1 amide bonds. The average Bonchev–Trinajstić information content (AvgIpc) is 1.77. The molecule has 1 heterocycles. The van der Waals surface area contributed by atoms with Crippen molar-refractivity contribution < 1.29 is 61.8 Å². The minimum absolute atomic E-state index is 0. The third kappa shape index (κ3) is 3.06.